The van der Waals surface area contributed by atoms with Crippen molar-refractivity contribution in [1.29, 1.82) is 0 Å². The van der Waals surface area contributed by atoms with E-state index in [0.29, 0.717) is 11.4 Å². The van der Waals surface area contributed by atoms with E-state index in [1.165, 1.54) is 24.3 Å². The largest absolute Gasteiger partial charge is 0.487 e. The lowest BCUT2D eigenvalue weighted by Gasteiger charge is -2.07. The first-order valence-corrected chi connectivity index (χ1v) is 9.04. The topological polar surface area (TPSA) is 84.1 Å². The summed E-state index contributed by atoms with van der Waals surface area (Å²) < 4.78 is 19.1. The fourth-order valence-corrected chi connectivity index (χ4v) is 2.88. The molecule has 0 fully saturated rings. The SMILES string of the molecule is O=C(CSc1nc(COc2ccccc2)cc(=O)[nH]1)Nc1ccccc1F. The van der Waals surface area contributed by atoms with E-state index in [9.17, 15) is 14.0 Å². The zero-order valence-corrected chi connectivity index (χ0v) is 15.0. The lowest BCUT2D eigenvalue weighted by Crippen LogP contribution is -2.16. The summed E-state index contributed by atoms with van der Waals surface area (Å²) in [5.74, 6) is -0.278. The Morgan fingerprint density at radius 3 is 2.67 bits per heavy atom. The molecular weight excluding hydrogens is 369 g/mol. The Morgan fingerprint density at radius 1 is 1.15 bits per heavy atom. The Balaban J connectivity index is 1.58. The van der Waals surface area contributed by atoms with Gasteiger partial charge >= 0.3 is 0 Å². The highest BCUT2D eigenvalue weighted by Gasteiger charge is 2.09. The van der Waals surface area contributed by atoms with Crippen molar-refractivity contribution in [1.82, 2.24) is 9.97 Å². The van der Waals surface area contributed by atoms with Crippen LogP contribution in [0.15, 0.2) is 70.6 Å². The molecule has 6 nitrogen and oxygen atoms in total. The normalized spacial score (nSPS) is 10.4. The Morgan fingerprint density at radius 2 is 1.89 bits per heavy atom. The molecule has 0 radical (unpaired) electrons. The molecule has 2 N–H and O–H groups in total. The molecule has 27 heavy (non-hydrogen) atoms. The summed E-state index contributed by atoms with van der Waals surface area (Å²) in [6.07, 6.45) is 0. The fraction of sp³-hybridized carbons (Fsp3) is 0.105. The van der Waals surface area contributed by atoms with E-state index in [-0.39, 0.29) is 28.8 Å². The molecule has 3 aromatic rings. The molecule has 0 aliphatic rings. The minimum absolute atomic E-state index is 0.0275. The van der Waals surface area contributed by atoms with E-state index in [0.717, 1.165) is 11.8 Å². The maximum atomic E-state index is 13.5. The number of para-hydroxylation sites is 2. The van der Waals surface area contributed by atoms with Crippen LogP contribution in [-0.2, 0) is 11.4 Å². The van der Waals surface area contributed by atoms with Gasteiger partial charge in [0.25, 0.3) is 5.56 Å². The molecule has 3 rings (SSSR count). The first-order valence-electron chi connectivity index (χ1n) is 8.05. The van der Waals surface area contributed by atoms with Crippen LogP contribution in [0, 0.1) is 5.82 Å². The molecule has 138 valence electrons. The molecule has 1 heterocycles. The molecule has 2 aromatic carbocycles. The summed E-state index contributed by atoms with van der Waals surface area (Å²) in [6, 6.07) is 16.4. The van der Waals surface area contributed by atoms with Gasteiger partial charge in [-0.25, -0.2) is 9.37 Å². The van der Waals surface area contributed by atoms with Crippen LogP contribution in [0.1, 0.15) is 5.69 Å². The van der Waals surface area contributed by atoms with Gasteiger partial charge in [0.05, 0.1) is 17.1 Å². The second-order valence-corrected chi connectivity index (χ2v) is 6.42. The number of anilines is 1. The number of rotatable bonds is 7. The van der Waals surface area contributed by atoms with Crippen LogP contribution in [0.4, 0.5) is 10.1 Å². The Hall–Kier alpha value is -3.13. The highest BCUT2D eigenvalue weighted by atomic mass is 32.2. The minimum Gasteiger partial charge on any atom is -0.487 e. The molecule has 0 aliphatic carbocycles. The van der Waals surface area contributed by atoms with Gasteiger partial charge in [0.1, 0.15) is 18.2 Å². The van der Waals surface area contributed by atoms with Crippen molar-refractivity contribution in [3.8, 4) is 5.75 Å². The summed E-state index contributed by atoms with van der Waals surface area (Å²) in [7, 11) is 0. The lowest BCUT2D eigenvalue weighted by molar-refractivity contribution is -0.113. The second-order valence-electron chi connectivity index (χ2n) is 5.46. The third-order valence-corrected chi connectivity index (χ3v) is 4.26. The van der Waals surface area contributed by atoms with Gasteiger partial charge in [-0.2, -0.15) is 0 Å². The van der Waals surface area contributed by atoms with E-state index >= 15 is 0 Å². The Kier molecular flexibility index (Phi) is 6.22. The predicted octanol–water partition coefficient (Wildman–Crippen LogP) is 3.22. The number of H-pyrrole nitrogens is 1. The number of aromatic nitrogens is 2. The molecule has 8 heteroatoms. The van der Waals surface area contributed by atoms with Crippen molar-refractivity contribution in [2.75, 3.05) is 11.1 Å². The summed E-state index contributed by atoms with van der Waals surface area (Å²) >= 11 is 1.05. The van der Waals surface area contributed by atoms with Crippen molar-refractivity contribution < 1.29 is 13.9 Å². The van der Waals surface area contributed by atoms with Gasteiger partial charge in [-0.15, -0.1) is 0 Å². The van der Waals surface area contributed by atoms with Crippen LogP contribution in [0.25, 0.3) is 0 Å². The number of benzene rings is 2. The van der Waals surface area contributed by atoms with Crippen LogP contribution in [0.5, 0.6) is 5.75 Å². The van der Waals surface area contributed by atoms with Gasteiger partial charge in [0.15, 0.2) is 5.16 Å². The number of nitrogens with one attached hydrogen (secondary N) is 2. The van der Waals surface area contributed by atoms with Crippen molar-refractivity contribution in [2.45, 2.75) is 11.8 Å². The first-order chi connectivity index (χ1) is 13.1. The van der Waals surface area contributed by atoms with Crippen LogP contribution in [-0.4, -0.2) is 21.6 Å². The number of thioether (sulfide) groups is 1. The smallest absolute Gasteiger partial charge is 0.251 e. The summed E-state index contributed by atoms with van der Waals surface area (Å²) in [5, 5.41) is 2.77. The summed E-state index contributed by atoms with van der Waals surface area (Å²) in [6.45, 7) is 0.128. The number of amides is 1. The Labute approximate surface area is 158 Å². The third kappa shape index (κ3) is 5.68. The van der Waals surface area contributed by atoms with Crippen LogP contribution >= 0.6 is 11.8 Å². The van der Waals surface area contributed by atoms with Crippen LogP contribution in [0.3, 0.4) is 0 Å². The number of carbonyl (C=O) groups excluding carboxylic acids is 1. The minimum atomic E-state index is -0.512. The zero-order valence-electron chi connectivity index (χ0n) is 14.1. The molecule has 0 bridgehead atoms. The molecule has 0 unspecified atom stereocenters. The van der Waals surface area contributed by atoms with Crippen LogP contribution < -0.4 is 15.6 Å². The van der Waals surface area contributed by atoms with E-state index in [1.54, 1.807) is 18.2 Å². The number of halogens is 1. The average molecular weight is 385 g/mol. The summed E-state index contributed by atoms with van der Waals surface area (Å²) in [5.41, 5.74) is 0.211. The first kappa shape index (κ1) is 18.7. The predicted molar refractivity (Wildman–Crippen MR) is 101 cm³/mol. The molecule has 0 saturated carbocycles. The third-order valence-electron chi connectivity index (χ3n) is 3.39. The summed E-state index contributed by atoms with van der Waals surface area (Å²) in [4.78, 5) is 30.6. The maximum Gasteiger partial charge on any atom is 0.251 e. The number of hydrogen-bond donors (Lipinski definition) is 2. The zero-order chi connectivity index (χ0) is 19.1. The molecule has 1 aromatic heterocycles. The average Bonchev–Trinajstić information content (AvgIpc) is 2.67. The van der Waals surface area contributed by atoms with E-state index < -0.39 is 11.7 Å². The van der Waals surface area contributed by atoms with Gasteiger partial charge in [-0.3, -0.25) is 9.59 Å². The number of aromatic amines is 1. The van der Waals surface area contributed by atoms with Gasteiger partial charge in [-0.05, 0) is 24.3 Å². The molecule has 0 saturated heterocycles. The van der Waals surface area contributed by atoms with Gasteiger partial charge < -0.3 is 15.0 Å². The second kappa shape index (κ2) is 9.00. The molecule has 0 aliphatic heterocycles. The molecule has 0 spiro atoms. The quantitative estimate of drug-likeness (QED) is 0.482. The van der Waals surface area contributed by atoms with Crippen molar-refractivity contribution in [3.63, 3.8) is 0 Å². The number of ether oxygens (including phenoxy) is 1. The highest BCUT2D eigenvalue weighted by Crippen LogP contribution is 2.16. The molecule has 1 amide bonds. The molecular formula is C19H16FN3O3S. The monoisotopic (exact) mass is 385 g/mol. The van der Waals surface area contributed by atoms with Crippen molar-refractivity contribution in [3.05, 3.63) is 82.5 Å². The molecule has 0 atom stereocenters. The highest BCUT2D eigenvalue weighted by molar-refractivity contribution is 7.99. The number of hydrogen-bond acceptors (Lipinski definition) is 5. The number of nitrogens with zero attached hydrogens (tertiary/aromatic N) is 1. The van der Waals surface area contributed by atoms with Crippen molar-refractivity contribution >= 4 is 23.4 Å². The van der Waals surface area contributed by atoms with Gasteiger partial charge in [0, 0.05) is 6.07 Å². The van der Waals surface area contributed by atoms with Crippen LogP contribution in [0.2, 0.25) is 0 Å². The van der Waals surface area contributed by atoms with Gasteiger partial charge in [-0.1, -0.05) is 42.1 Å². The fourth-order valence-electron chi connectivity index (χ4n) is 2.18. The Bertz CT molecular complexity index is 979. The van der Waals surface area contributed by atoms with E-state index in [4.69, 9.17) is 4.74 Å². The maximum absolute atomic E-state index is 13.5. The standard InChI is InChI=1S/C19H16FN3O3S/c20-15-8-4-5-9-16(15)22-18(25)12-27-19-21-13(10-17(24)23-19)11-26-14-6-2-1-3-7-14/h1-10H,11-12H2,(H,22,25)(H,21,23,24). The number of carbonyl (C=O) groups is 1. The van der Waals surface area contributed by atoms with Crippen molar-refractivity contribution in [2.24, 2.45) is 0 Å². The van der Waals surface area contributed by atoms with Gasteiger partial charge in [0.2, 0.25) is 5.91 Å². The lowest BCUT2D eigenvalue weighted by atomic mass is 10.3. The van der Waals surface area contributed by atoms with E-state index in [1.807, 2.05) is 18.2 Å². The van der Waals surface area contributed by atoms with E-state index in [2.05, 4.69) is 15.3 Å².